The van der Waals surface area contributed by atoms with Crippen molar-refractivity contribution in [3.05, 3.63) is 144 Å². The molecule has 0 aliphatic rings. The van der Waals surface area contributed by atoms with Crippen LogP contribution in [0.15, 0.2) is 122 Å². The summed E-state index contributed by atoms with van der Waals surface area (Å²) in [5, 5.41) is 23.2. The first-order chi connectivity index (χ1) is 23.5. The fourth-order valence-corrected chi connectivity index (χ4v) is 6.43. The van der Waals surface area contributed by atoms with E-state index in [-0.39, 0.29) is 0 Å². The lowest BCUT2D eigenvalue weighted by Crippen LogP contribution is -2.01. The molecule has 0 amide bonds. The smallest absolute Gasteiger partial charge is 0.102 e. The number of benzene rings is 4. The second-order valence-electron chi connectivity index (χ2n) is 12.0. The number of aryl methyl sites for hydroxylation is 2. The predicted octanol–water partition coefficient (Wildman–Crippen LogP) is 10.1. The Balaban J connectivity index is 1.46. The Morgan fingerprint density at radius 3 is 1.29 bits per heavy atom. The molecular weight excluding hydrogens is 589 g/mol. The summed E-state index contributed by atoms with van der Waals surface area (Å²) in [7, 11) is 0. The summed E-state index contributed by atoms with van der Waals surface area (Å²) in [4.78, 5) is 17.1. The number of para-hydroxylation sites is 2. The maximum atomic E-state index is 10.6. The van der Waals surface area contributed by atoms with E-state index in [2.05, 4.69) is 22.1 Å². The van der Waals surface area contributed by atoms with Crippen LogP contribution in [0, 0.1) is 36.5 Å². The van der Waals surface area contributed by atoms with Gasteiger partial charge in [0.25, 0.3) is 0 Å². The molecule has 4 aromatic heterocycles. The van der Waals surface area contributed by atoms with Gasteiger partial charge in [-0.25, -0.2) is 9.97 Å². The van der Waals surface area contributed by atoms with Crippen LogP contribution < -0.4 is 0 Å². The van der Waals surface area contributed by atoms with Crippen LogP contribution in [-0.4, -0.2) is 19.9 Å². The summed E-state index contributed by atoms with van der Waals surface area (Å²) < 4.78 is 0. The highest BCUT2D eigenvalue weighted by Crippen LogP contribution is 2.40. The van der Waals surface area contributed by atoms with Gasteiger partial charge >= 0.3 is 0 Å². The number of fused-ring (bicyclic) bond motifs is 2. The van der Waals surface area contributed by atoms with Crippen LogP contribution in [0.4, 0.5) is 0 Å². The van der Waals surface area contributed by atoms with Gasteiger partial charge in [-0.15, -0.1) is 0 Å². The van der Waals surface area contributed by atoms with Gasteiger partial charge in [-0.2, -0.15) is 10.5 Å². The van der Waals surface area contributed by atoms with E-state index in [1.807, 2.05) is 135 Å². The van der Waals surface area contributed by atoms with Gasteiger partial charge < -0.3 is 9.97 Å². The SMILES string of the molecule is Cc1ccc(-c2cc(-c3cc(-c4ccc(C)cc4)c(C#N)c(-c4c[nH]c5ccccc45)n3)nc(-c3c[nH]c4ccccc34)c2C#N)cc1. The molecule has 0 bridgehead atoms. The van der Waals surface area contributed by atoms with E-state index in [0.717, 1.165) is 66.3 Å². The summed E-state index contributed by atoms with van der Waals surface area (Å²) in [6.45, 7) is 4.09. The van der Waals surface area contributed by atoms with Gasteiger partial charge in [-0.1, -0.05) is 96.1 Å². The Labute approximate surface area is 277 Å². The molecule has 4 heterocycles. The highest BCUT2D eigenvalue weighted by atomic mass is 14.8. The van der Waals surface area contributed by atoms with Crippen LogP contribution in [0.5, 0.6) is 0 Å². The summed E-state index contributed by atoms with van der Waals surface area (Å²) in [5.74, 6) is 0. The maximum Gasteiger partial charge on any atom is 0.102 e. The Kier molecular flexibility index (Phi) is 6.91. The molecule has 0 spiro atoms. The van der Waals surface area contributed by atoms with Crippen molar-refractivity contribution in [1.82, 2.24) is 19.9 Å². The molecule has 6 heteroatoms. The molecule has 8 aromatic rings. The third kappa shape index (κ3) is 4.81. The molecule has 4 aromatic carbocycles. The van der Waals surface area contributed by atoms with Crippen molar-refractivity contribution >= 4 is 21.8 Å². The fraction of sp³-hybridized carbons (Fsp3) is 0.0476. The molecule has 0 unspecified atom stereocenters. The Bertz CT molecular complexity index is 2410. The molecule has 0 saturated heterocycles. The number of hydrogen-bond donors (Lipinski definition) is 2. The summed E-state index contributed by atoms with van der Waals surface area (Å²) in [6, 6.07) is 41.2. The largest absolute Gasteiger partial charge is 0.360 e. The van der Waals surface area contributed by atoms with Gasteiger partial charge in [0.05, 0.1) is 33.9 Å². The molecule has 8 rings (SSSR count). The number of nitrogens with zero attached hydrogens (tertiary/aromatic N) is 4. The molecule has 0 atom stereocenters. The highest BCUT2D eigenvalue weighted by Gasteiger charge is 2.23. The van der Waals surface area contributed by atoms with Crippen molar-refractivity contribution in [2.75, 3.05) is 0 Å². The minimum Gasteiger partial charge on any atom is -0.360 e. The Morgan fingerprint density at radius 2 is 0.896 bits per heavy atom. The summed E-state index contributed by atoms with van der Waals surface area (Å²) in [5.41, 5.74) is 12.5. The van der Waals surface area contributed by atoms with E-state index in [9.17, 15) is 10.5 Å². The second kappa shape index (κ2) is 11.6. The van der Waals surface area contributed by atoms with E-state index in [4.69, 9.17) is 9.97 Å². The Hall–Kier alpha value is -6.76. The number of pyridine rings is 2. The molecule has 48 heavy (non-hydrogen) atoms. The quantitative estimate of drug-likeness (QED) is 0.201. The normalized spacial score (nSPS) is 11.1. The molecule has 6 nitrogen and oxygen atoms in total. The van der Waals surface area contributed by atoms with Gasteiger partial charge in [0.1, 0.15) is 12.1 Å². The van der Waals surface area contributed by atoms with Crippen LogP contribution in [0.2, 0.25) is 0 Å². The van der Waals surface area contributed by atoms with Crippen LogP contribution in [-0.2, 0) is 0 Å². The first kappa shape index (κ1) is 28.7. The minimum atomic E-state index is 0.483. The van der Waals surface area contributed by atoms with Gasteiger partial charge in [0.15, 0.2) is 0 Å². The first-order valence-electron chi connectivity index (χ1n) is 15.7. The Morgan fingerprint density at radius 1 is 0.500 bits per heavy atom. The van der Waals surface area contributed by atoms with Gasteiger partial charge in [0.2, 0.25) is 0 Å². The molecule has 0 radical (unpaired) electrons. The number of rotatable bonds is 5. The maximum absolute atomic E-state index is 10.6. The van der Waals surface area contributed by atoms with Crippen molar-refractivity contribution in [3.63, 3.8) is 0 Å². The summed E-state index contributed by atoms with van der Waals surface area (Å²) >= 11 is 0. The lowest BCUT2D eigenvalue weighted by atomic mass is 9.92. The third-order valence-electron chi connectivity index (χ3n) is 8.94. The molecule has 2 N–H and O–H groups in total. The van der Waals surface area contributed by atoms with Crippen molar-refractivity contribution in [2.24, 2.45) is 0 Å². The lowest BCUT2D eigenvalue weighted by molar-refractivity contribution is 1.23. The van der Waals surface area contributed by atoms with Crippen molar-refractivity contribution < 1.29 is 0 Å². The lowest BCUT2D eigenvalue weighted by Gasteiger charge is -2.16. The van der Waals surface area contributed by atoms with Crippen LogP contribution >= 0.6 is 0 Å². The van der Waals surface area contributed by atoms with Crippen molar-refractivity contribution in [3.8, 4) is 68.3 Å². The molecule has 0 saturated carbocycles. The average Bonchev–Trinajstić information content (AvgIpc) is 3.76. The zero-order valence-corrected chi connectivity index (χ0v) is 26.3. The van der Waals surface area contributed by atoms with Crippen LogP contribution in [0.25, 0.3) is 78.0 Å². The van der Waals surface area contributed by atoms with Gasteiger partial charge in [-0.05, 0) is 49.2 Å². The standard InChI is InChI=1S/C42H28N6/c1-25-11-15-27(16-12-25)31-19-39(47-41(33(31)21-43)35-23-45-37-9-5-3-7-29(35)37)40-20-32(28-17-13-26(2)14-18-28)34(22-44)42(48-40)36-24-46-38-10-6-4-8-30(36)38/h3-20,23-24,45-46H,1-2H3. The molecule has 226 valence electrons. The molecule has 0 fully saturated rings. The second-order valence-corrected chi connectivity index (χ2v) is 12.0. The van der Waals surface area contributed by atoms with Crippen molar-refractivity contribution in [1.29, 1.82) is 10.5 Å². The predicted molar refractivity (Wildman–Crippen MR) is 192 cm³/mol. The number of H-pyrrole nitrogens is 2. The zero-order valence-electron chi connectivity index (χ0n) is 26.3. The summed E-state index contributed by atoms with van der Waals surface area (Å²) in [6.07, 6.45) is 3.83. The molecule has 0 aliphatic heterocycles. The first-order valence-corrected chi connectivity index (χ1v) is 15.7. The number of aromatic nitrogens is 4. The van der Waals surface area contributed by atoms with Gasteiger partial charge in [-0.3, -0.25) is 0 Å². The van der Waals surface area contributed by atoms with E-state index in [1.54, 1.807) is 0 Å². The van der Waals surface area contributed by atoms with Crippen LogP contribution in [0.3, 0.4) is 0 Å². The highest BCUT2D eigenvalue weighted by molar-refractivity contribution is 5.99. The van der Waals surface area contributed by atoms with E-state index >= 15 is 0 Å². The van der Waals surface area contributed by atoms with Crippen LogP contribution in [0.1, 0.15) is 22.3 Å². The van der Waals surface area contributed by atoms with E-state index in [1.165, 1.54) is 0 Å². The number of hydrogen-bond acceptors (Lipinski definition) is 4. The molecule has 0 aliphatic carbocycles. The van der Waals surface area contributed by atoms with Crippen molar-refractivity contribution in [2.45, 2.75) is 13.8 Å². The topological polar surface area (TPSA) is 105 Å². The van der Waals surface area contributed by atoms with E-state index in [0.29, 0.717) is 33.9 Å². The number of nitrogens with one attached hydrogen (secondary N) is 2. The average molecular weight is 617 g/mol. The van der Waals surface area contributed by atoms with E-state index < -0.39 is 0 Å². The number of aromatic amines is 2. The fourth-order valence-electron chi connectivity index (χ4n) is 6.43. The molecular formula is C42H28N6. The van der Waals surface area contributed by atoms with Gasteiger partial charge in [0, 0.05) is 56.5 Å². The monoisotopic (exact) mass is 616 g/mol. The minimum absolute atomic E-state index is 0.483. The third-order valence-corrected chi connectivity index (χ3v) is 8.94. The zero-order chi connectivity index (χ0) is 32.8. The number of nitriles is 2.